The molecule has 192 valence electrons. The zero-order chi connectivity index (χ0) is 25.5. The molecule has 3 aliphatic rings. The fourth-order valence-electron chi connectivity index (χ4n) is 6.26. The number of hydrogen-bond donors (Lipinski definition) is 3. The van der Waals surface area contributed by atoms with E-state index in [1.165, 1.54) is 4.90 Å². The molecule has 2 bridgehead atoms. The van der Waals surface area contributed by atoms with Gasteiger partial charge in [-0.05, 0) is 71.2 Å². The van der Waals surface area contributed by atoms with Crippen LogP contribution in [-0.2, 0) is 19.1 Å². The Morgan fingerprint density at radius 1 is 1.20 bits per heavy atom. The topological polar surface area (TPSA) is 117 Å². The van der Waals surface area contributed by atoms with E-state index in [9.17, 15) is 19.5 Å². The fourth-order valence-corrected chi connectivity index (χ4v) is 6.26. The highest BCUT2D eigenvalue weighted by Gasteiger charge is 2.78. The van der Waals surface area contributed by atoms with Crippen molar-refractivity contribution in [1.29, 1.82) is 0 Å². The van der Waals surface area contributed by atoms with Crippen molar-refractivity contribution in [2.75, 3.05) is 18.5 Å². The van der Waals surface area contributed by atoms with Crippen molar-refractivity contribution in [3.05, 3.63) is 24.3 Å². The normalized spacial score (nSPS) is 32.0. The second kappa shape index (κ2) is 9.43. The number of amides is 3. The summed E-state index contributed by atoms with van der Waals surface area (Å²) in [5.74, 6) is -1.77. The van der Waals surface area contributed by atoms with Gasteiger partial charge in [0.05, 0.1) is 36.7 Å². The minimum absolute atomic E-state index is 0.128. The van der Waals surface area contributed by atoms with Crippen molar-refractivity contribution < 1.29 is 29.0 Å². The SMILES string of the molecule is CCOc1ccc(NC(=O)[C@@H]2[C@H]3C(=O)N([C@@H](CC)CO)C(C(=O)NC(C)C)C34CC[C@@]2(C)O4)cc1. The fraction of sp³-hybridized carbons (Fsp3) is 0.654. The van der Waals surface area contributed by atoms with Crippen LogP contribution in [0.15, 0.2) is 24.3 Å². The number of nitrogens with zero attached hydrogens (tertiary/aromatic N) is 1. The molecule has 3 amide bonds. The standard InChI is InChI=1S/C26H37N3O6/c1-6-17(14-30)29-21(23(32)27-15(3)4)26-13-12-25(5,35-26)19(20(26)24(29)33)22(31)28-16-8-10-18(11-9-16)34-7-2/h8-11,15,17,19-21,30H,6-7,12-14H2,1-5H3,(H,27,32)(H,28,31)/t17-,19-,20-,21?,25+,26?/m0/s1. The molecule has 0 radical (unpaired) electrons. The molecule has 0 aliphatic carbocycles. The summed E-state index contributed by atoms with van der Waals surface area (Å²) in [5.41, 5.74) is -1.37. The molecule has 35 heavy (non-hydrogen) atoms. The highest BCUT2D eigenvalue weighted by molar-refractivity contribution is 6.02. The number of rotatable bonds is 9. The van der Waals surface area contributed by atoms with E-state index in [0.717, 1.165) is 0 Å². The average molecular weight is 488 g/mol. The van der Waals surface area contributed by atoms with E-state index in [-0.39, 0.29) is 30.4 Å². The number of fused-ring (bicyclic) bond motifs is 1. The first-order chi connectivity index (χ1) is 16.6. The number of aliphatic hydroxyl groups is 1. The van der Waals surface area contributed by atoms with Crippen molar-refractivity contribution in [1.82, 2.24) is 10.2 Å². The second-order valence-corrected chi connectivity index (χ2v) is 10.3. The summed E-state index contributed by atoms with van der Waals surface area (Å²) in [6, 6.07) is 5.52. The van der Waals surface area contributed by atoms with Gasteiger partial charge in [0.1, 0.15) is 17.4 Å². The maximum Gasteiger partial charge on any atom is 0.246 e. The molecule has 1 aromatic carbocycles. The highest BCUT2D eigenvalue weighted by atomic mass is 16.5. The van der Waals surface area contributed by atoms with E-state index >= 15 is 0 Å². The van der Waals surface area contributed by atoms with Gasteiger partial charge in [0, 0.05) is 11.7 Å². The lowest BCUT2D eigenvalue weighted by Gasteiger charge is -2.37. The Labute approximate surface area is 206 Å². The van der Waals surface area contributed by atoms with Crippen molar-refractivity contribution in [3.63, 3.8) is 0 Å². The lowest BCUT2D eigenvalue weighted by Crippen LogP contribution is -2.58. The summed E-state index contributed by atoms with van der Waals surface area (Å²) in [4.78, 5) is 42.5. The number of carbonyl (C=O) groups excluding carboxylic acids is 3. The molecule has 0 aromatic heterocycles. The van der Waals surface area contributed by atoms with E-state index < -0.39 is 35.1 Å². The largest absolute Gasteiger partial charge is 0.494 e. The third kappa shape index (κ3) is 4.08. The summed E-state index contributed by atoms with van der Waals surface area (Å²) >= 11 is 0. The first-order valence-corrected chi connectivity index (χ1v) is 12.6. The summed E-state index contributed by atoms with van der Waals surface area (Å²) in [5, 5.41) is 15.9. The van der Waals surface area contributed by atoms with Crippen LogP contribution < -0.4 is 15.4 Å². The Bertz CT molecular complexity index is 978. The Morgan fingerprint density at radius 2 is 1.89 bits per heavy atom. The summed E-state index contributed by atoms with van der Waals surface area (Å²) in [7, 11) is 0. The Kier molecular flexibility index (Phi) is 6.85. The van der Waals surface area contributed by atoms with E-state index in [2.05, 4.69) is 10.6 Å². The third-order valence-corrected chi connectivity index (χ3v) is 7.68. The molecule has 1 aromatic rings. The van der Waals surface area contributed by atoms with Gasteiger partial charge < -0.3 is 30.1 Å². The molecule has 1 spiro atoms. The van der Waals surface area contributed by atoms with Gasteiger partial charge in [-0.3, -0.25) is 14.4 Å². The molecular formula is C26H37N3O6. The van der Waals surface area contributed by atoms with Gasteiger partial charge >= 0.3 is 0 Å². The van der Waals surface area contributed by atoms with Crippen LogP contribution in [0, 0.1) is 11.8 Å². The zero-order valence-electron chi connectivity index (χ0n) is 21.2. The molecule has 6 atom stereocenters. The van der Waals surface area contributed by atoms with Gasteiger partial charge in [-0.25, -0.2) is 0 Å². The van der Waals surface area contributed by atoms with Gasteiger partial charge in [0.2, 0.25) is 17.7 Å². The minimum Gasteiger partial charge on any atom is -0.494 e. The van der Waals surface area contributed by atoms with Crippen LogP contribution in [0.5, 0.6) is 5.75 Å². The zero-order valence-corrected chi connectivity index (χ0v) is 21.2. The van der Waals surface area contributed by atoms with Crippen molar-refractivity contribution in [2.45, 2.75) is 83.2 Å². The van der Waals surface area contributed by atoms with Crippen LogP contribution in [0.3, 0.4) is 0 Å². The van der Waals surface area contributed by atoms with Crippen molar-refractivity contribution >= 4 is 23.4 Å². The first kappa shape index (κ1) is 25.4. The molecular weight excluding hydrogens is 450 g/mol. The van der Waals surface area contributed by atoms with Gasteiger partial charge in [-0.15, -0.1) is 0 Å². The number of likely N-dealkylation sites (tertiary alicyclic amines) is 1. The molecule has 2 unspecified atom stereocenters. The average Bonchev–Trinajstić information content (AvgIpc) is 3.37. The quantitative estimate of drug-likeness (QED) is 0.491. The highest BCUT2D eigenvalue weighted by Crippen LogP contribution is 2.63. The second-order valence-electron chi connectivity index (χ2n) is 10.3. The van der Waals surface area contributed by atoms with Crippen LogP contribution in [0.4, 0.5) is 5.69 Å². The van der Waals surface area contributed by atoms with Crippen LogP contribution in [-0.4, -0.2) is 70.3 Å². The van der Waals surface area contributed by atoms with Gasteiger partial charge in [0.15, 0.2) is 0 Å². The predicted molar refractivity (Wildman–Crippen MR) is 130 cm³/mol. The molecule has 9 heteroatoms. The monoisotopic (exact) mass is 487 g/mol. The van der Waals surface area contributed by atoms with Crippen LogP contribution >= 0.6 is 0 Å². The predicted octanol–water partition coefficient (Wildman–Crippen LogP) is 2.08. The summed E-state index contributed by atoms with van der Waals surface area (Å²) in [6.07, 6.45) is 1.55. The Hall–Kier alpha value is -2.65. The minimum atomic E-state index is -1.10. The summed E-state index contributed by atoms with van der Waals surface area (Å²) in [6.45, 7) is 9.63. The number of anilines is 1. The molecule has 3 N–H and O–H groups in total. The van der Waals surface area contributed by atoms with Crippen LogP contribution in [0.25, 0.3) is 0 Å². The maximum atomic E-state index is 13.9. The third-order valence-electron chi connectivity index (χ3n) is 7.68. The molecule has 3 heterocycles. The molecule has 3 aliphatic heterocycles. The molecule has 3 fully saturated rings. The van der Waals surface area contributed by atoms with Crippen LogP contribution in [0.1, 0.15) is 53.9 Å². The molecule has 3 saturated heterocycles. The Morgan fingerprint density at radius 3 is 2.46 bits per heavy atom. The number of aliphatic hydroxyl groups excluding tert-OH is 1. The van der Waals surface area contributed by atoms with Crippen molar-refractivity contribution in [3.8, 4) is 5.75 Å². The molecule has 4 rings (SSSR count). The van der Waals surface area contributed by atoms with E-state index in [4.69, 9.17) is 9.47 Å². The maximum absolute atomic E-state index is 13.9. The van der Waals surface area contributed by atoms with E-state index in [1.54, 1.807) is 24.3 Å². The lowest BCUT2D eigenvalue weighted by molar-refractivity contribution is -0.149. The van der Waals surface area contributed by atoms with Crippen molar-refractivity contribution in [2.24, 2.45) is 11.8 Å². The van der Waals surface area contributed by atoms with E-state index in [1.807, 2.05) is 34.6 Å². The van der Waals surface area contributed by atoms with Gasteiger partial charge in [-0.2, -0.15) is 0 Å². The Balaban J connectivity index is 1.68. The van der Waals surface area contributed by atoms with Gasteiger partial charge in [-0.1, -0.05) is 6.92 Å². The van der Waals surface area contributed by atoms with Crippen LogP contribution in [0.2, 0.25) is 0 Å². The molecule has 0 saturated carbocycles. The number of nitrogens with one attached hydrogen (secondary N) is 2. The number of benzene rings is 1. The smallest absolute Gasteiger partial charge is 0.246 e. The number of hydrogen-bond acceptors (Lipinski definition) is 6. The number of carbonyl (C=O) groups is 3. The first-order valence-electron chi connectivity index (χ1n) is 12.6. The van der Waals surface area contributed by atoms with E-state index in [0.29, 0.717) is 37.3 Å². The lowest BCUT2D eigenvalue weighted by atomic mass is 9.66. The summed E-state index contributed by atoms with van der Waals surface area (Å²) < 4.78 is 12.0. The van der Waals surface area contributed by atoms with Gasteiger partial charge in [0.25, 0.3) is 0 Å². The number of ether oxygens (including phenoxy) is 2. The molecule has 9 nitrogen and oxygen atoms in total.